The predicted octanol–water partition coefficient (Wildman–Crippen LogP) is 3.92. The quantitative estimate of drug-likeness (QED) is 0.505. The van der Waals surface area contributed by atoms with E-state index in [9.17, 15) is 0 Å². The first-order chi connectivity index (χ1) is 15.7. The fourth-order valence-electron chi connectivity index (χ4n) is 4.54. The molecule has 4 rings (SSSR count). The van der Waals surface area contributed by atoms with E-state index in [1.54, 1.807) is 26.4 Å². The number of hydrogen-bond acceptors (Lipinski definition) is 2. The molecule has 0 aliphatic carbocycles. The average Bonchev–Trinajstić information content (AvgIpc) is 2.77. The monoisotopic (exact) mass is 501 g/mol. The van der Waals surface area contributed by atoms with E-state index in [4.69, 9.17) is 21.1 Å². The normalized spacial score (nSPS) is 15.5. The lowest BCUT2D eigenvalue weighted by atomic mass is 9.84. The Morgan fingerprint density at radius 3 is 2.15 bits per heavy atom. The van der Waals surface area contributed by atoms with Gasteiger partial charge in [-0.2, -0.15) is 8.97 Å². The highest BCUT2D eigenvalue weighted by atomic mass is 35.5. The van der Waals surface area contributed by atoms with Gasteiger partial charge >= 0.3 is 0 Å². The fraction of sp³-hybridized carbons (Fsp3) is 0.321. The van der Waals surface area contributed by atoms with Gasteiger partial charge < -0.3 is 21.9 Å². The molecule has 0 radical (unpaired) electrons. The van der Waals surface area contributed by atoms with Crippen molar-refractivity contribution in [3.8, 4) is 11.5 Å². The van der Waals surface area contributed by atoms with Crippen molar-refractivity contribution in [2.75, 3.05) is 14.2 Å². The van der Waals surface area contributed by atoms with Gasteiger partial charge in [-0.15, -0.1) is 0 Å². The summed E-state index contributed by atoms with van der Waals surface area (Å²) in [5.74, 6) is 0.972. The Morgan fingerprint density at radius 1 is 0.971 bits per heavy atom. The van der Waals surface area contributed by atoms with Gasteiger partial charge in [0.2, 0.25) is 5.71 Å². The lowest BCUT2D eigenvalue weighted by Crippen LogP contribution is -3.00. The molecule has 3 aromatic carbocycles. The van der Waals surface area contributed by atoms with Crippen molar-refractivity contribution in [1.82, 2.24) is 0 Å². The van der Waals surface area contributed by atoms with Crippen LogP contribution in [0.4, 0.5) is 10.1 Å². The van der Waals surface area contributed by atoms with Gasteiger partial charge in [-0.1, -0.05) is 50.6 Å². The van der Waals surface area contributed by atoms with Gasteiger partial charge in [0.25, 0.3) is 5.69 Å². The summed E-state index contributed by atoms with van der Waals surface area (Å²) in [6, 6.07) is 17.3. The Balaban J connectivity index is 0.00000324. The Bertz CT molecular complexity index is 1210. The summed E-state index contributed by atoms with van der Waals surface area (Å²) in [6.07, 6.45) is 0.712. The van der Waals surface area contributed by atoms with E-state index < -0.39 is 0 Å². The van der Waals surface area contributed by atoms with Crippen molar-refractivity contribution in [2.24, 2.45) is 0 Å². The third kappa shape index (κ3) is 4.67. The summed E-state index contributed by atoms with van der Waals surface area (Å²) in [4.78, 5) is 0. The second-order valence-electron chi connectivity index (χ2n) is 9.53. The van der Waals surface area contributed by atoms with E-state index in [-0.39, 0.29) is 29.7 Å². The van der Waals surface area contributed by atoms with Gasteiger partial charge in [-0.25, -0.2) is 0 Å². The van der Waals surface area contributed by atoms with E-state index in [0.717, 1.165) is 22.4 Å². The van der Waals surface area contributed by atoms with Crippen molar-refractivity contribution >= 4 is 23.0 Å². The molecule has 1 heterocycles. The maximum Gasteiger partial charge on any atom is 0.260 e. The van der Waals surface area contributed by atoms with E-state index >= 15 is 4.39 Å². The van der Waals surface area contributed by atoms with Crippen LogP contribution in [-0.2, 0) is 11.8 Å². The van der Waals surface area contributed by atoms with Crippen molar-refractivity contribution in [3.63, 3.8) is 0 Å². The number of benzene rings is 3. The van der Waals surface area contributed by atoms with Gasteiger partial charge in [-0.3, -0.25) is 0 Å². The number of nitrogens with zero attached hydrogens (tertiary/aromatic N) is 1. The predicted molar refractivity (Wildman–Crippen MR) is 132 cm³/mol. The van der Waals surface area contributed by atoms with Gasteiger partial charge in [0.05, 0.1) is 19.8 Å². The van der Waals surface area contributed by atoms with Crippen LogP contribution >= 0.6 is 11.6 Å². The Hall–Kier alpha value is -2.56. The summed E-state index contributed by atoms with van der Waals surface area (Å²) >= 11 is 6.56. The molecule has 0 saturated carbocycles. The third-order valence-corrected chi connectivity index (χ3v) is 6.57. The first kappa shape index (κ1) is 26.1. The molecular formula is C28H30Cl2FNO2. The molecule has 0 amide bonds. The highest BCUT2D eigenvalue weighted by Gasteiger charge is 2.37. The summed E-state index contributed by atoms with van der Waals surface area (Å²) < 4.78 is 28.4. The van der Waals surface area contributed by atoms with Crippen molar-refractivity contribution in [2.45, 2.75) is 45.6 Å². The molecule has 6 heteroatoms. The summed E-state index contributed by atoms with van der Waals surface area (Å²) in [6.45, 7) is 8.66. The molecule has 0 aromatic heterocycles. The second-order valence-corrected chi connectivity index (χ2v) is 9.94. The van der Waals surface area contributed by atoms with E-state index in [0.29, 0.717) is 28.6 Å². The van der Waals surface area contributed by atoms with Crippen LogP contribution in [0.3, 0.4) is 0 Å². The zero-order valence-electron chi connectivity index (χ0n) is 20.4. The minimum Gasteiger partial charge on any atom is -1.00 e. The lowest BCUT2D eigenvalue weighted by molar-refractivity contribution is -0.483. The molecule has 0 bridgehead atoms. The topological polar surface area (TPSA) is 21.5 Å². The molecule has 0 saturated heterocycles. The molecule has 0 spiro atoms. The molecule has 34 heavy (non-hydrogen) atoms. The first-order valence-electron chi connectivity index (χ1n) is 11.1. The van der Waals surface area contributed by atoms with Crippen molar-refractivity contribution in [3.05, 3.63) is 87.7 Å². The Labute approximate surface area is 212 Å². The van der Waals surface area contributed by atoms with Gasteiger partial charge in [0.15, 0.2) is 23.4 Å². The van der Waals surface area contributed by atoms with E-state index in [1.165, 1.54) is 11.6 Å². The van der Waals surface area contributed by atoms with Crippen molar-refractivity contribution in [1.29, 1.82) is 0 Å². The molecule has 1 aliphatic heterocycles. The Kier molecular flexibility index (Phi) is 7.64. The van der Waals surface area contributed by atoms with Gasteiger partial charge in [0, 0.05) is 12.0 Å². The lowest BCUT2D eigenvalue weighted by Gasteiger charge is -2.25. The third-order valence-electron chi connectivity index (χ3n) is 6.26. The molecule has 180 valence electrons. The van der Waals surface area contributed by atoms with Gasteiger partial charge in [-0.05, 0) is 59.9 Å². The largest absolute Gasteiger partial charge is 1.00 e. The minimum absolute atomic E-state index is 0. The standard InChI is InChI=1S/C28H30ClFNO2.ClH/c1-17-14-19-15-24(32-5)25(33-6)16-21(19)26(18-10-12-20(13-11-18)28(2,3)4)31(17)27-22(29)8-7-9-23(27)30;/h7-13,15-17H,14H2,1-6H3;1H/q+1;/p-1. The zero-order chi connectivity index (χ0) is 23.9. The van der Waals surface area contributed by atoms with Crippen LogP contribution in [-0.4, -0.2) is 30.5 Å². The van der Waals surface area contributed by atoms with Crippen LogP contribution in [0.15, 0.2) is 54.6 Å². The Morgan fingerprint density at radius 2 is 1.59 bits per heavy atom. The number of ether oxygens (including phenoxy) is 2. The highest BCUT2D eigenvalue weighted by Crippen LogP contribution is 2.39. The summed E-state index contributed by atoms with van der Waals surface area (Å²) in [5, 5.41) is 0.384. The summed E-state index contributed by atoms with van der Waals surface area (Å²) in [5.41, 5.74) is 5.65. The number of fused-ring (bicyclic) bond motifs is 1. The van der Waals surface area contributed by atoms with Crippen LogP contribution in [0.1, 0.15) is 49.9 Å². The van der Waals surface area contributed by atoms with E-state index in [1.807, 2.05) is 16.7 Å². The molecular weight excluding hydrogens is 472 g/mol. The number of halogens is 3. The van der Waals surface area contributed by atoms with Crippen LogP contribution in [0.25, 0.3) is 0 Å². The molecule has 1 aliphatic rings. The van der Waals surface area contributed by atoms with Crippen molar-refractivity contribution < 1.29 is 30.8 Å². The minimum atomic E-state index is -0.345. The smallest absolute Gasteiger partial charge is 0.260 e. The number of para-hydroxylation sites is 1. The summed E-state index contributed by atoms with van der Waals surface area (Å²) in [7, 11) is 3.26. The molecule has 3 nitrogen and oxygen atoms in total. The van der Waals surface area contributed by atoms with Crippen LogP contribution in [0.5, 0.6) is 11.5 Å². The molecule has 0 N–H and O–H groups in total. The number of methoxy groups -OCH3 is 2. The average molecular weight is 502 g/mol. The first-order valence-corrected chi connectivity index (χ1v) is 11.5. The molecule has 3 aromatic rings. The zero-order valence-corrected chi connectivity index (χ0v) is 21.9. The van der Waals surface area contributed by atoms with E-state index in [2.05, 4.69) is 52.0 Å². The van der Waals surface area contributed by atoms with Crippen LogP contribution in [0.2, 0.25) is 5.02 Å². The maximum atomic E-state index is 15.2. The maximum absolute atomic E-state index is 15.2. The number of rotatable bonds is 4. The SMILES string of the molecule is COc1cc2c(cc1OC)C(c1ccc(C(C)(C)C)cc1)=[N+](c1c(F)cccc1Cl)C(C)C2.[Cl-]. The molecule has 1 unspecified atom stereocenters. The van der Waals surface area contributed by atoms with Crippen LogP contribution < -0.4 is 21.9 Å². The fourth-order valence-corrected chi connectivity index (χ4v) is 4.80. The second kappa shape index (κ2) is 9.97. The number of hydrogen-bond donors (Lipinski definition) is 0. The van der Waals surface area contributed by atoms with Gasteiger partial charge in [0.1, 0.15) is 5.02 Å². The van der Waals surface area contributed by atoms with Crippen LogP contribution in [0, 0.1) is 5.82 Å². The molecule has 1 atom stereocenters. The highest BCUT2D eigenvalue weighted by molar-refractivity contribution is 6.32. The molecule has 0 fully saturated rings.